The molecule has 0 N–H and O–H groups in total. The van der Waals surface area contributed by atoms with Crippen LogP contribution in [0.2, 0.25) is 0 Å². The summed E-state index contributed by atoms with van der Waals surface area (Å²) in [5, 5.41) is 0. The molecule has 3 heterocycles. The molecule has 0 spiro atoms. The lowest BCUT2D eigenvalue weighted by atomic mass is 10.2. The van der Waals surface area contributed by atoms with Gasteiger partial charge in [-0.1, -0.05) is 0 Å². The Morgan fingerprint density at radius 1 is 1.27 bits per heavy atom. The molecular formula is C16H26N4O2. The minimum Gasteiger partial charge on any atom is -0.383 e. The predicted molar refractivity (Wildman–Crippen MR) is 83.6 cm³/mol. The van der Waals surface area contributed by atoms with Crippen molar-refractivity contribution < 1.29 is 9.47 Å². The minimum absolute atomic E-state index is 0.103. The van der Waals surface area contributed by atoms with E-state index in [1.54, 1.807) is 7.11 Å². The van der Waals surface area contributed by atoms with Gasteiger partial charge in [0, 0.05) is 59.2 Å². The van der Waals surface area contributed by atoms with Gasteiger partial charge in [-0.2, -0.15) is 0 Å². The fourth-order valence-electron chi connectivity index (χ4n) is 3.06. The second kappa shape index (κ2) is 7.97. The zero-order chi connectivity index (χ0) is 15.2. The van der Waals surface area contributed by atoms with Crippen molar-refractivity contribution in [3.05, 3.63) is 23.8 Å². The Labute approximate surface area is 132 Å². The molecule has 22 heavy (non-hydrogen) atoms. The summed E-state index contributed by atoms with van der Waals surface area (Å²) >= 11 is 0. The molecule has 0 aromatic carbocycles. The molecule has 0 bridgehead atoms. The molecule has 0 amide bonds. The van der Waals surface area contributed by atoms with E-state index in [4.69, 9.17) is 14.5 Å². The molecule has 2 aliphatic heterocycles. The molecule has 1 atom stereocenters. The summed E-state index contributed by atoms with van der Waals surface area (Å²) in [5.74, 6) is 0.855. The van der Waals surface area contributed by atoms with Crippen LogP contribution in [0.15, 0.2) is 12.3 Å². The fourth-order valence-corrected chi connectivity index (χ4v) is 3.06. The average molecular weight is 306 g/mol. The Hall–Kier alpha value is -1.08. The van der Waals surface area contributed by atoms with Gasteiger partial charge in [0.1, 0.15) is 6.10 Å². The third kappa shape index (κ3) is 4.23. The van der Waals surface area contributed by atoms with E-state index >= 15 is 0 Å². The first kappa shape index (κ1) is 15.8. The topological polar surface area (TPSA) is 50.7 Å². The van der Waals surface area contributed by atoms with Gasteiger partial charge in [0.25, 0.3) is 0 Å². The van der Waals surface area contributed by atoms with Gasteiger partial charge < -0.3 is 9.47 Å². The highest BCUT2D eigenvalue weighted by atomic mass is 16.5. The van der Waals surface area contributed by atoms with Crippen LogP contribution in [0.3, 0.4) is 0 Å². The number of ether oxygens (including phenoxy) is 2. The first-order chi connectivity index (χ1) is 10.8. The van der Waals surface area contributed by atoms with Crippen LogP contribution in [0.4, 0.5) is 0 Å². The van der Waals surface area contributed by atoms with Crippen LogP contribution in [-0.2, 0) is 16.0 Å². The van der Waals surface area contributed by atoms with Crippen molar-refractivity contribution in [1.29, 1.82) is 0 Å². The number of rotatable bonds is 6. The van der Waals surface area contributed by atoms with Crippen LogP contribution >= 0.6 is 0 Å². The molecule has 6 nitrogen and oxygen atoms in total. The summed E-state index contributed by atoms with van der Waals surface area (Å²) in [6, 6.07) is 2.02. The number of nitrogens with zero attached hydrogens (tertiary/aromatic N) is 4. The van der Waals surface area contributed by atoms with Crippen LogP contribution in [0.1, 0.15) is 30.5 Å². The van der Waals surface area contributed by atoms with Gasteiger partial charge >= 0.3 is 0 Å². The van der Waals surface area contributed by atoms with Crippen molar-refractivity contribution in [1.82, 2.24) is 19.8 Å². The van der Waals surface area contributed by atoms with Crippen molar-refractivity contribution in [2.45, 2.75) is 25.5 Å². The monoisotopic (exact) mass is 306 g/mol. The molecule has 122 valence electrons. The molecule has 2 fully saturated rings. The van der Waals surface area contributed by atoms with Crippen molar-refractivity contribution in [3.63, 3.8) is 0 Å². The van der Waals surface area contributed by atoms with Gasteiger partial charge in [0.15, 0.2) is 5.82 Å². The Bertz CT molecular complexity index is 457. The first-order valence-corrected chi connectivity index (χ1v) is 8.22. The standard InChI is InChI=1S/C16H26N4O2/c1-21-12-10-19-6-8-20(9-7-19)13-14-4-5-17-16(18-14)15-3-2-11-22-15/h4-5,15H,2-3,6-13H2,1H3/t15-/m0/s1. The van der Waals surface area contributed by atoms with Gasteiger partial charge in [-0.3, -0.25) is 9.80 Å². The van der Waals surface area contributed by atoms with E-state index in [9.17, 15) is 0 Å². The maximum absolute atomic E-state index is 5.68. The highest BCUT2D eigenvalue weighted by Crippen LogP contribution is 2.25. The van der Waals surface area contributed by atoms with Crippen LogP contribution in [0.25, 0.3) is 0 Å². The van der Waals surface area contributed by atoms with Gasteiger partial charge in [-0.15, -0.1) is 0 Å². The smallest absolute Gasteiger partial charge is 0.157 e. The second-order valence-corrected chi connectivity index (χ2v) is 6.02. The van der Waals surface area contributed by atoms with Gasteiger partial charge in [-0.05, 0) is 18.9 Å². The summed E-state index contributed by atoms with van der Waals surface area (Å²) < 4.78 is 10.8. The third-order valence-electron chi connectivity index (χ3n) is 4.41. The zero-order valence-corrected chi connectivity index (χ0v) is 13.4. The Kier molecular flexibility index (Phi) is 5.72. The molecule has 0 saturated carbocycles. The molecule has 0 unspecified atom stereocenters. The van der Waals surface area contributed by atoms with Crippen molar-refractivity contribution >= 4 is 0 Å². The van der Waals surface area contributed by atoms with Crippen LogP contribution in [0, 0.1) is 0 Å². The number of methoxy groups -OCH3 is 1. The first-order valence-electron chi connectivity index (χ1n) is 8.22. The Balaban J connectivity index is 1.50. The lowest BCUT2D eigenvalue weighted by Gasteiger charge is -2.34. The van der Waals surface area contributed by atoms with Gasteiger partial charge in [0.2, 0.25) is 0 Å². The summed E-state index contributed by atoms with van der Waals surface area (Å²) in [6.07, 6.45) is 4.13. The summed E-state index contributed by atoms with van der Waals surface area (Å²) in [5.41, 5.74) is 1.10. The lowest BCUT2D eigenvalue weighted by Crippen LogP contribution is -2.46. The number of hydrogen-bond donors (Lipinski definition) is 0. The molecule has 3 rings (SSSR count). The van der Waals surface area contributed by atoms with E-state index in [0.717, 1.165) is 76.8 Å². The van der Waals surface area contributed by atoms with Gasteiger partial charge in [0.05, 0.1) is 12.3 Å². The van der Waals surface area contributed by atoms with E-state index in [-0.39, 0.29) is 6.10 Å². The molecule has 2 saturated heterocycles. The molecule has 6 heteroatoms. The van der Waals surface area contributed by atoms with Crippen LogP contribution < -0.4 is 0 Å². The maximum atomic E-state index is 5.68. The van der Waals surface area contributed by atoms with Crippen LogP contribution in [0.5, 0.6) is 0 Å². The average Bonchev–Trinajstić information content (AvgIpc) is 3.09. The Morgan fingerprint density at radius 2 is 2.09 bits per heavy atom. The predicted octanol–water partition coefficient (Wildman–Crippen LogP) is 1.09. The van der Waals surface area contributed by atoms with E-state index < -0.39 is 0 Å². The van der Waals surface area contributed by atoms with E-state index in [0.29, 0.717) is 0 Å². The zero-order valence-electron chi connectivity index (χ0n) is 13.4. The highest BCUT2D eigenvalue weighted by Gasteiger charge is 2.21. The van der Waals surface area contributed by atoms with E-state index in [2.05, 4.69) is 14.8 Å². The molecule has 0 aliphatic carbocycles. The van der Waals surface area contributed by atoms with Crippen LogP contribution in [-0.4, -0.2) is 72.8 Å². The van der Waals surface area contributed by atoms with E-state index in [1.807, 2.05) is 12.3 Å². The SMILES string of the molecule is COCCN1CCN(Cc2ccnc([C@@H]3CCCO3)n2)CC1. The molecule has 1 aromatic heterocycles. The maximum Gasteiger partial charge on any atom is 0.157 e. The van der Waals surface area contributed by atoms with Crippen molar-refractivity contribution in [2.24, 2.45) is 0 Å². The molecule has 2 aliphatic rings. The second-order valence-electron chi connectivity index (χ2n) is 6.02. The summed E-state index contributed by atoms with van der Waals surface area (Å²) in [4.78, 5) is 14.0. The van der Waals surface area contributed by atoms with Crippen molar-refractivity contribution in [2.75, 3.05) is 53.0 Å². The van der Waals surface area contributed by atoms with Crippen molar-refractivity contribution in [3.8, 4) is 0 Å². The highest BCUT2D eigenvalue weighted by molar-refractivity contribution is 5.05. The normalized spacial score (nSPS) is 24.0. The van der Waals surface area contributed by atoms with Gasteiger partial charge in [-0.25, -0.2) is 9.97 Å². The molecule has 1 aromatic rings. The largest absolute Gasteiger partial charge is 0.383 e. The molecule has 0 radical (unpaired) electrons. The van der Waals surface area contributed by atoms with E-state index in [1.165, 1.54) is 0 Å². The summed E-state index contributed by atoms with van der Waals surface area (Å²) in [6.45, 7) is 7.96. The quantitative estimate of drug-likeness (QED) is 0.784. The summed E-state index contributed by atoms with van der Waals surface area (Å²) in [7, 11) is 1.76. The lowest BCUT2D eigenvalue weighted by molar-refractivity contribution is 0.0921. The minimum atomic E-state index is 0.103. The number of aromatic nitrogens is 2. The third-order valence-corrected chi connectivity index (χ3v) is 4.41. The number of hydrogen-bond acceptors (Lipinski definition) is 6. The Morgan fingerprint density at radius 3 is 2.82 bits per heavy atom. The number of piperazine rings is 1. The fraction of sp³-hybridized carbons (Fsp3) is 0.750. The molecular weight excluding hydrogens is 280 g/mol.